The van der Waals surface area contributed by atoms with E-state index in [2.05, 4.69) is 17.5 Å². The summed E-state index contributed by atoms with van der Waals surface area (Å²) in [6, 6.07) is 10.8. The lowest BCUT2D eigenvalue weighted by atomic mass is 9.76. The highest BCUT2D eigenvalue weighted by Gasteiger charge is 2.41. The number of carboxylic acid groups (broad SMARTS) is 1. The second-order valence-corrected chi connectivity index (χ2v) is 6.81. The van der Waals surface area contributed by atoms with Crippen molar-refractivity contribution in [2.45, 2.75) is 18.4 Å². The summed E-state index contributed by atoms with van der Waals surface area (Å²) in [4.78, 5) is 11.7. The van der Waals surface area contributed by atoms with Gasteiger partial charge in [0.1, 0.15) is 5.75 Å². The third-order valence-electron chi connectivity index (χ3n) is 5.17. The molecule has 4 rings (SSSR count). The number of halogens is 1. The van der Waals surface area contributed by atoms with Crippen molar-refractivity contribution in [1.82, 2.24) is 0 Å². The van der Waals surface area contributed by atoms with Gasteiger partial charge in [-0.2, -0.15) is 0 Å². The number of ether oxygens (including phenoxy) is 1. The molecule has 2 aromatic rings. The quantitative estimate of drug-likeness (QED) is 0.771. The van der Waals surface area contributed by atoms with E-state index in [0.717, 1.165) is 29.0 Å². The summed E-state index contributed by atoms with van der Waals surface area (Å²) in [5.41, 5.74) is 3.01. The van der Waals surface area contributed by atoms with E-state index in [9.17, 15) is 9.90 Å². The van der Waals surface area contributed by atoms with Gasteiger partial charge in [-0.15, -0.1) is 0 Å². The minimum atomic E-state index is -0.913. The van der Waals surface area contributed by atoms with Gasteiger partial charge >= 0.3 is 5.97 Å². The van der Waals surface area contributed by atoms with Gasteiger partial charge in [0.15, 0.2) is 0 Å². The number of carbonyl (C=O) groups is 1. The second kappa shape index (κ2) is 6.12. The zero-order valence-corrected chi connectivity index (χ0v) is 14.5. The summed E-state index contributed by atoms with van der Waals surface area (Å²) >= 11 is 6.49. The number of benzene rings is 2. The molecule has 2 aromatic carbocycles. The van der Waals surface area contributed by atoms with Gasteiger partial charge in [-0.1, -0.05) is 42.0 Å². The summed E-state index contributed by atoms with van der Waals surface area (Å²) in [5.74, 6) is 0.169. The first-order chi connectivity index (χ1) is 12.1. The molecule has 25 heavy (non-hydrogen) atoms. The maximum Gasteiger partial charge on any atom is 0.336 e. The van der Waals surface area contributed by atoms with Crippen LogP contribution in [0.1, 0.15) is 39.9 Å². The Balaban J connectivity index is 1.89. The fourth-order valence-corrected chi connectivity index (χ4v) is 4.36. The molecule has 4 nitrogen and oxygen atoms in total. The lowest BCUT2D eigenvalue weighted by molar-refractivity contribution is 0.0694. The van der Waals surface area contributed by atoms with Crippen molar-refractivity contribution in [1.29, 1.82) is 0 Å². The molecule has 5 heteroatoms. The number of rotatable bonds is 3. The van der Waals surface area contributed by atoms with Gasteiger partial charge < -0.3 is 15.2 Å². The smallest absolute Gasteiger partial charge is 0.336 e. The summed E-state index contributed by atoms with van der Waals surface area (Å²) in [5, 5.41) is 13.8. The highest BCUT2D eigenvalue weighted by atomic mass is 35.5. The molecule has 3 atom stereocenters. The van der Waals surface area contributed by atoms with Gasteiger partial charge in [0.2, 0.25) is 0 Å². The van der Waals surface area contributed by atoms with Crippen LogP contribution < -0.4 is 10.1 Å². The van der Waals surface area contributed by atoms with Gasteiger partial charge in [0.25, 0.3) is 0 Å². The van der Waals surface area contributed by atoms with Crippen molar-refractivity contribution in [2.24, 2.45) is 5.92 Å². The fourth-order valence-electron chi connectivity index (χ4n) is 4.08. The summed E-state index contributed by atoms with van der Waals surface area (Å²) < 4.78 is 5.52. The van der Waals surface area contributed by atoms with E-state index in [-0.39, 0.29) is 17.9 Å². The Kier molecular flexibility index (Phi) is 3.92. The standard InChI is InChI=1S/C20H18ClNO3/c1-25-16-10-9-15(21)17-11-7-4-8-12(11)18(22-19(16)17)13-5-2-3-6-14(13)20(23)24/h2-7,9-12,18,22H,8H2,1H3,(H,23,24)/t11-,12-,18-/m0/s1. The van der Waals surface area contributed by atoms with Crippen molar-refractivity contribution >= 4 is 23.3 Å². The third kappa shape index (κ3) is 2.48. The fraction of sp³-hybridized carbons (Fsp3) is 0.250. The maximum atomic E-state index is 11.7. The molecule has 0 saturated heterocycles. The molecule has 1 heterocycles. The topological polar surface area (TPSA) is 58.6 Å². The van der Waals surface area contributed by atoms with Crippen LogP contribution in [0, 0.1) is 5.92 Å². The van der Waals surface area contributed by atoms with Crippen molar-refractivity contribution in [2.75, 3.05) is 12.4 Å². The number of aromatic carboxylic acids is 1. The van der Waals surface area contributed by atoms with Crippen LogP contribution in [0.25, 0.3) is 0 Å². The predicted molar refractivity (Wildman–Crippen MR) is 97.8 cm³/mol. The van der Waals surface area contributed by atoms with E-state index in [4.69, 9.17) is 16.3 Å². The molecule has 2 N–H and O–H groups in total. The Morgan fingerprint density at radius 2 is 2.08 bits per heavy atom. The first kappa shape index (κ1) is 16.0. The molecule has 0 spiro atoms. The second-order valence-electron chi connectivity index (χ2n) is 6.41. The van der Waals surface area contributed by atoms with Crippen molar-refractivity contribution in [3.05, 3.63) is 70.3 Å². The number of hydrogen-bond acceptors (Lipinski definition) is 3. The number of methoxy groups -OCH3 is 1. The molecule has 0 radical (unpaired) electrons. The largest absolute Gasteiger partial charge is 0.495 e. The first-order valence-electron chi connectivity index (χ1n) is 8.23. The van der Waals surface area contributed by atoms with E-state index in [0.29, 0.717) is 10.6 Å². The molecule has 1 aliphatic carbocycles. The van der Waals surface area contributed by atoms with E-state index >= 15 is 0 Å². The maximum absolute atomic E-state index is 11.7. The van der Waals surface area contributed by atoms with Crippen LogP contribution in [0.2, 0.25) is 5.02 Å². The first-order valence-corrected chi connectivity index (χ1v) is 8.61. The van der Waals surface area contributed by atoms with Crippen LogP contribution in [-0.4, -0.2) is 18.2 Å². The van der Waals surface area contributed by atoms with E-state index in [1.165, 1.54) is 0 Å². The summed E-state index contributed by atoms with van der Waals surface area (Å²) in [7, 11) is 1.63. The molecule has 128 valence electrons. The molecule has 2 aliphatic rings. The van der Waals surface area contributed by atoms with Gasteiger partial charge in [0.05, 0.1) is 24.4 Å². The summed E-state index contributed by atoms with van der Waals surface area (Å²) in [6.07, 6.45) is 5.20. The summed E-state index contributed by atoms with van der Waals surface area (Å²) in [6.45, 7) is 0. The molecule has 0 unspecified atom stereocenters. The van der Waals surface area contributed by atoms with Gasteiger partial charge in [-0.25, -0.2) is 4.79 Å². The van der Waals surface area contributed by atoms with Gasteiger partial charge in [0, 0.05) is 16.5 Å². The van der Waals surface area contributed by atoms with Crippen LogP contribution in [0.3, 0.4) is 0 Å². The Hall–Kier alpha value is -2.46. The molecular formula is C20H18ClNO3. The molecule has 0 bridgehead atoms. The Morgan fingerprint density at radius 3 is 2.84 bits per heavy atom. The molecule has 0 fully saturated rings. The van der Waals surface area contributed by atoms with E-state index < -0.39 is 5.97 Å². The normalized spacial score (nSPS) is 23.5. The van der Waals surface area contributed by atoms with Crippen LogP contribution in [0.15, 0.2) is 48.6 Å². The van der Waals surface area contributed by atoms with E-state index in [1.54, 1.807) is 19.2 Å². The highest BCUT2D eigenvalue weighted by Crippen LogP contribution is 2.54. The monoisotopic (exact) mass is 355 g/mol. The van der Waals surface area contributed by atoms with Crippen molar-refractivity contribution in [3.63, 3.8) is 0 Å². The number of carboxylic acids is 1. The SMILES string of the molecule is COc1ccc(Cl)c2c1N[C@H](c1ccccc1C(=O)O)[C@H]1CC=C[C@H]21. The molecule has 0 saturated carbocycles. The Bertz CT molecular complexity index is 877. The Morgan fingerprint density at radius 1 is 1.28 bits per heavy atom. The molecular weight excluding hydrogens is 338 g/mol. The average molecular weight is 356 g/mol. The van der Waals surface area contributed by atoms with Crippen LogP contribution in [0.5, 0.6) is 5.75 Å². The lowest BCUT2D eigenvalue weighted by Crippen LogP contribution is -2.30. The Labute approximate surface area is 151 Å². The molecule has 0 amide bonds. The minimum Gasteiger partial charge on any atom is -0.495 e. The van der Waals surface area contributed by atoms with Crippen LogP contribution in [0.4, 0.5) is 5.69 Å². The number of hydrogen-bond donors (Lipinski definition) is 2. The number of allylic oxidation sites excluding steroid dienone is 2. The number of anilines is 1. The predicted octanol–water partition coefficient (Wildman–Crippen LogP) is 4.87. The van der Waals surface area contributed by atoms with Crippen molar-refractivity contribution in [3.8, 4) is 5.75 Å². The lowest BCUT2D eigenvalue weighted by Gasteiger charge is -2.39. The van der Waals surface area contributed by atoms with E-state index in [1.807, 2.05) is 24.3 Å². The van der Waals surface area contributed by atoms with Gasteiger partial charge in [-0.3, -0.25) is 0 Å². The molecule has 1 aliphatic heterocycles. The number of nitrogens with one attached hydrogen (secondary N) is 1. The third-order valence-corrected chi connectivity index (χ3v) is 5.50. The average Bonchev–Trinajstić information content (AvgIpc) is 3.10. The van der Waals surface area contributed by atoms with Crippen LogP contribution >= 0.6 is 11.6 Å². The highest BCUT2D eigenvalue weighted by molar-refractivity contribution is 6.32. The zero-order chi connectivity index (χ0) is 17.6. The molecule has 0 aromatic heterocycles. The van der Waals surface area contributed by atoms with Gasteiger partial charge in [-0.05, 0) is 36.1 Å². The minimum absolute atomic E-state index is 0.118. The van der Waals surface area contributed by atoms with Crippen molar-refractivity contribution < 1.29 is 14.6 Å². The zero-order valence-electron chi connectivity index (χ0n) is 13.7. The van der Waals surface area contributed by atoms with Crippen LogP contribution in [-0.2, 0) is 0 Å². The number of fused-ring (bicyclic) bond motifs is 3.